The summed E-state index contributed by atoms with van der Waals surface area (Å²) in [6.07, 6.45) is -2.69. The van der Waals surface area contributed by atoms with Crippen LogP contribution in [0.2, 0.25) is 0 Å². The molecule has 2 rings (SSSR count). The van der Waals surface area contributed by atoms with E-state index in [9.17, 15) is 15.2 Å². The van der Waals surface area contributed by atoms with Crippen LogP contribution in [0.25, 0.3) is 0 Å². The summed E-state index contributed by atoms with van der Waals surface area (Å²) in [6.45, 7) is 0. The number of aliphatic hydroxyl groups is 1. The number of nitro groups is 1. The standard InChI is InChI=1S/C9H9NO5/c1-14-6-4-2-3-5-7(11)9(10(12)13)15-8(5)6/h2-4,7,9,11H,1H3/t7-,9+/m1/s1. The van der Waals surface area contributed by atoms with Crippen LogP contribution in [0.3, 0.4) is 0 Å². The molecule has 1 aliphatic heterocycles. The first-order chi connectivity index (χ1) is 7.15. The van der Waals surface area contributed by atoms with Crippen molar-refractivity contribution < 1.29 is 19.5 Å². The van der Waals surface area contributed by atoms with Gasteiger partial charge in [-0.25, -0.2) is 0 Å². The van der Waals surface area contributed by atoms with Gasteiger partial charge in [0.25, 0.3) is 0 Å². The number of hydrogen-bond acceptors (Lipinski definition) is 5. The van der Waals surface area contributed by atoms with Crippen molar-refractivity contribution >= 4 is 0 Å². The zero-order chi connectivity index (χ0) is 11.0. The highest BCUT2D eigenvalue weighted by Gasteiger charge is 2.43. The fraction of sp³-hybridized carbons (Fsp3) is 0.333. The van der Waals surface area contributed by atoms with Gasteiger partial charge in [-0.1, -0.05) is 12.1 Å². The van der Waals surface area contributed by atoms with E-state index in [1.54, 1.807) is 18.2 Å². The Kier molecular flexibility index (Phi) is 2.20. The van der Waals surface area contributed by atoms with Crippen molar-refractivity contribution in [3.05, 3.63) is 33.9 Å². The minimum atomic E-state index is -1.45. The highest BCUT2D eigenvalue weighted by atomic mass is 16.7. The number of aliphatic hydroxyl groups excluding tert-OH is 1. The Labute approximate surface area is 85.2 Å². The Morgan fingerprint density at radius 3 is 2.93 bits per heavy atom. The Bertz CT molecular complexity index is 405. The first-order valence-electron chi connectivity index (χ1n) is 4.30. The van der Waals surface area contributed by atoms with Gasteiger partial charge in [0.1, 0.15) is 0 Å². The molecule has 0 bridgehead atoms. The summed E-state index contributed by atoms with van der Waals surface area (Å²) in [4.78, 5) is 9.90. The van der Waals surface area contributed by atoms with Gasteiger partial charge in [-0.3, -0.25) is 10.1 Å². The highest BCUT2D eigenvalue weighted by Crippen LogP contribution is 2.42. The third-order valence-corrected chi connectivity index (χ3v) is 2.26. The molecule has 80 valence electrons. The molecule has 0 saturated carbocycles. The van der Waals surface area contributed by atoms with Gasteiger partial charge in [0.15, 0.2) is 17.6 Å². The summed E-state index contributed by atoms with van der Waals surface area (Å²) in [6, 6.07) is 4.84. The van der Waals surface area contributed by atoms with Crippen LogP contribution in [0.1, 0.15) is 11.7 Å². The Balaban J connectivity index is 2.44. The molecule has 0 fully saturated rings. The van der Waals surface area contributed by atoms with E-state index in [2.05, 4.69) is 0 Å². The maximum absolute atomic E-state index is 10.6. The molecule has 1 aromatic rings. The van der Waals surface area contributed by atoms with E-state index < -0.39 is 17.3 Å². The first-order valence-corrected chi connectivity index (χ1v) is 4.30. The summed E-state index contributed by atoms with van der Waals surface area (Å²) >= 11 is 0. The largest absolute Gasteiger partial charge is 0.493 e. The second kappa shape index (κ2) is 3.39. The molecular formula is C9H9NO5. The molecule has 0 spiro atoms. The van der Waals surface area contributed by atoms with Crippen molar-refractivity contribution in [1.82, 2.24) is 0 Å². The van der Waals surface area contributed by atoms with Gasteiger partial charge < -0.3 is 14.6 Å². The van der Waals surface area contributed by atoms with Gasteiger partial charge >= 0.3 is 6.23 Å². The van der Waals surface area contributed by atoms with Crippen LogP contribution in [0.4, 0.5) is 0 Å². The molecule has 15 heavy (non-hydrogen) atoms. The van der Waals surface area contributed by atoms with Crippen molar-refractivity contribution in [2.45, 2.75) is 12.3 Å². The summed E-state index contributed by atoms with van der Waals surface area (Å²) in [5.74, 6) is 0.630. The smallest absolute Gasteiger partial charge is 0.384 e. The summed E-state index contributed by atoms with van der Waals surface area (Å²) in [7, 11) is 1.44. The number of fused-ring (bicyclic) bond motifs is 1. The Morgan fingerprint density at radius 2 is 2.33 bits per heavy atom. The second-order valence-corrected chi connectivity index (χ2v) is 3.12. The Hall–Kier alpha value is -1.82. The van der Waals surface area contributed by atoms with Gasteiger partial charge in [-0.05, 0) is 6.07 Å². The van der Waals surface area contributed by atoms with E-state index in [0.717, 1.165) is 0 Å². The number of nitrogens with zero attached hydrogens (tertiary/aromatic N) is 1. The minimum absolute atomic E-state index is 0.245. The molecule has 1 aliphatic rings. The lowest BCUT2D eigenvalue weighted by Crippen LogP contribution is -2.27. The second-order valence-electron chi connectivity index (χ2n) is 3.12. The van der Waals surface area contributed by atoms with Crippen LogP contribution in [0, 0.1) is 10.1 Å². The summed E-state index contributed by atoms with van der Waals surface area (Å²) in [5, 5.41) is 20.2. The van der Waals surface area contributed by atoms with E-state index in [1.165, 1.54) is 7.11 Å². The predicted molar refractivity (Wildman–Crippen MR) is 49.4 cm³/mol. The van der Waals surface area contributed by atoms with Gasteiger partial charge in [-0.2, -0.15) is 0 Å². The molecule has 0 aromatic heterocycles. The van der Waals surface area contributed by atoms with Gasteiger partial charge in [0.05, 0.1) is 12.0 Å². The topological polar surface area (TPSA) is 81.8 Å². The molecule has 0 aliphatic carbocycles. The monoisotopic (exact) mass is 211 g/mol. The zero-order valence-corrected chi connectivity index (χ0v) is 7.91. The number of methoxy groups -OCH3 is 1. The lowest BCUT2D eigenvalue weighted by Gasteiger charge is -2.05. The maximum Gasteiger partial charge on any atom is 0.384 e. The van der Waals surface area contributed by atoms with E-state index in [0.29, 0.717) is 11.3 Å². The third-order valence-electron chi connectivity index (χ3n) is 2.26. The predicted octanol–water partition coefficient (Wildman–Crippen LogP) is 0.724. The van der Waals surface area contributed by atoms with E-state index in [4.69, 9.17) is 9.47 Å². The molecule has 1 heterocycles. The Morgan fingerprint density at radius 1 is 1.60 bits per heavy atom. The molecule has 0 saturated heterocycles. The number of ether oxygens (including phenoxy) is 2. The number of para-hydroxylation sites is 1. The van der Waals surface area contributed by atoms with Crippen LogP contribution < -0.4 is 9.47 Å². The minimum Gasteiger partial charge on any atom is -0.493 e. The number of hydrogen-bond donors (Lipinski definition) is 1. The van der Waals surface area contributed by atoms with Crippen molar-refractivity contribution in [2.24, 2.45) is 0 Å². The van der Waals surface area contributed by atoms with E-state index >= 15 is 0 Å². The average molecular weight is 211 g/mol. The third kappa shape index (κ3) is 1.39. The SMILES string of the molecule is COc1cccc2c1O[C@H]([N+](=O)[O-])[C@@H]2O. The maximum atomic E-state index is 10.6. The molecule has 2 atom stereocenters. The fourth-order valence-electron chi connectivity index (χ4n) is 1.55. The summed E-state index contributed by atoms with van der Waals surface area (Å²) < 4.78 is 10.0. The van der Waals surface area contributed by atoms with Crippen molar-refractivity contribution in [2.75, 3.05) is 7.11 Å². The van der Waals surface area contributed by atoms with E-state index in [-0.39, 0.29) is 5.75 Å². The molecular weight excluding hydrogens is 202 g/mol. The van der Waals surface area contributed by atoms with Crippen molar-refractivity contribution in [3.8, 4) is 11.5 Å². The molecule has 6 heteroatoms. The van der Waals surface area contributed by atoms with Gasteiger partial charge in [-0.15, -0.1) is 0 Å². The molecule has 0 amide bonds. The van der Waals surface area contributed by atoms with Crippen molar-refractivity contribution in [1.29, 1.82) is 0 Å². The quantitative estimate of drug-likeness (QED) is 0.575. The van der Waals surface area contributed by atoms with Crippen LogP contribution in [0.15, 0.2) is 18.2 Å². The lowest BCUT2D eigenvalue weighted by molar-refractivity contribution is -0.572. The number of rotatable bonds is 2. The average Bonchev–Trinajstić information content (AvgIpc) is 2.56. The van der Waals surface area contributed by atoms with Crippen LogP contribution in [-0.4, -0.2) is 23.4 Å². The van der Waals surface area contributed by atoms with Crippen LogP contribution >= 0.6 is 0 Å². The fourth-order valence-corrected chi connectivity index (χ4v) is 1.55. The molecule has 1 N–H and O–H groups in total. The zero-order valence-electron chi connectivity index (χ0n) is 7.91. The van der Waals surface area contributed by atoms with E-state index in [1.807, 2.05) is 0 Å². The highest BCUT2D eigenvalue weighted by molar-refractivity contribution is 5.50. The molecule has 0 unspecified atom stereocenters. The normalized spacial score (nSPS) is 23.1. The molecule has 1 aromatic carbocycles. The molecule has 0 radical (unpaired) electrons. The van der Waals surface area contributed by atoms with Crippen LogP contribution in [-0.2, 0) is 0 Å². The van der Waals surface area contributed by atoms with Gasteiger partial charge in [0, 0.05) is 5.56 Å². The molecule has 6 nitrogen and oxygen atoms in total. The van der Waals surface area contributed by atoms with Gasteiger partial charge in [0.2, 0.25) is 0 Å². The first kappa shape index (κ1) is 9.72. The van der Waals surface area contributed by atoms with Crippen LogP contribution in [0.5, 0.6) is 11.5 Å². The summed E-state index contributed by atoms with van der Waals surface area (Å²) in [5.41, 5.74) is 0.385. The van der Waals surface area contributed by atoms with Crippen molar-refractivity contribution in [3.63, 3.8) is 0 Å². The number of benzene rings is 1. The lowest BCUT2D eigenvalue weighted by atomic mass is 10.1.